The molecule has 1 amide bonds. The number of carbonyl (C=O) groups excluding carboxylic acids is 1. The molecule has 9 nitrogen and oxygen atoms in total. The average Bonchev–Trinajstić information content (AvgIpc) is 3.43. The minimum atomic E-state index is 0. The number of aromatic nitrogens is 4. The molecule has 3 aliphatic rings. The molecular formula is C28H40N8OS. The molecule has 1 aliphatic carbocycles. The normalized spacial score (nSPS) is 18.6. The van der Waals surface area contributed by atoms with Crippen LogP contribution in [-0.4, -0.2) is 63.2 Å². The Bertz CT molecular complexity index is 1260. The van der Waals surface area contributed by atoms with E-state index in [1.807, 2.05) is 31.2 Å². The molecule has 3 aromatic rings. The standard InChI is InChI=1S/C28H36N8OS.2H2/c1-2-27(37)29-20-7-9-22(10-8-20)38-28-31-24(30-25-17-23(33-34-25)19-5-6-19)18-26(32-28)36-15-11-21(12-16-36)35-13-3-4-14-35;;/h7-10,17-19,21H,2-6,11-16H2,1H3,(H,29,37)(H2,30,31,32,33,34);2*1H. The van der Waals surface area contributed by atoms with Crippen LogP contribution in [0.5, 0.6) is 0 Å². The molecular weight excluding hydrogens is 496 g/mol. The Kier molecular flexibility index (Phi) is 7.51. The van der Waals surface area contributed by atoms with Crippen molar-refractivity contribution in [2.45, 2.75) is 73.9 Å². The number of likely N-dealkylation sites (tertiary alicyclic amines) is 1. The molecule has 0 bridgehead atoms. The van der Waals surface area contributed by atoms with Crippen molar-refractivity contribution in [3.63, 3.8) is 0 Å². The van der Waals surface area contributed by atoms with Crippen molar-refractivity contribution in [1.29, 1.82) is 0 Å². The predicted molar refractivity (Wildman–Crippen MR) is 156 cm³/mol. The van der Waals surface area contributed by atoms with Gasteiger partial charge in [-0.25, -0.2) is 9.97 Å². The fraction of sp³-hybridized carbons (Fsp3) is 0.500. The van der Waals surface area contributed by atoms with E-state index in [1.165, 1.54) is 69.1 Å². The van der Waals surface area contributed by atoms with Gasteiger partial charge in [-0.15, -0.1) is 0 Å². The molecule has 4 heterocycles. The summed E-state index contributed by atoms with van der Waals surface area (Å²) in [4.78, 5) is 27.6. The highest BCUT2D eigenvalue weighted by Gasteiger charge is 2.28. The first-order valence-corrected chi connectivity index (χ1v) is 14.7. The Morgan fingerprint density at radius 2 is 1.79 bits per heavy atom. The Labute approximate surface area is 231 Å². The highest BCUT2D eigenvalue weighted by Crippen LogP contribution is 2.40. The minimum absolute atomic E-state index is 0. The molecule has 0 unspecified atom stereocenters. The number of anilines is 4. The Morgan fingerprint density at radius 3 is 2.50 bits per heavy atom. The molecule has 38 heavy (non-hydrogen) atoms. The highest BCUT2D eigenvalue weighted by molar-refractivity contribution is 7.99. The predicted octanol–water partition coefficient (Wildman–Crippen LogP) is 5.88. The molecule has 6 rings (SSSR count). The Hall–Kier alpha value is -3.11. The van der Waals surface area contributed by atoms with Crippen LogP contribution in [0.15, 0.2) is 46.5 Å². The SMILES string of the molecule is CCC(=O)Nc1ccc(Sc2nc(Nc3cc(C4CC4)[nH]n3)cc(N3CCC(N4CCCC4)CC3)n2)cc1.[HH].[HH]. The third-order valence-corrected chi connectivity index (χ3v) is 8.55. The third kappa shape index (κ3) is 6.13. The molecule has 2 aromatic heterocycles. The number of benzene rings is 1. The van der Waals surface area contributed by atoms with Crippen LogP contribution in [0.1, 0.15) is 66.3 Å². The van der Waals surface area contributed by atoms with Crippen molar-refractivity contribution in [2.75, 3.05) is 41.7 Å². The van der Waals surface area contributed by atoms with Crippen molar-refractivity contribution in [1.82, 2.24) is 25.1 Å². The summed E-state index contributed by atoms with van der Waals surface area (Å²) in [6.45, 7) is 6.35. The number of carbonyl (C=O) groups is 1. The van der Waals surface area contributed by atoms with E-state index in [4.69, 9.17) is 9.97 Å². The Balaban J connectivity index is 0.00000185. The first-order chi connectivity index (χ1) is 18.6. The first-order valence-electron chi connectivity index (χ1n) is 13.9. The van der Waals surface area contributed by atoms with Crippen molar-refractivity contribution in [2.24, 2.45) is 0 Å². The van der Waals surface area contributed by atoms with Crippen LogP contribution in [0.2, 0.25) is 0 Å². The summed E-state index contributed by atoms with van der Waals surface area (Å²) in [5, 5.41) is 14.6. The zero-order chi connectivity index (χ0) is 25.9. The second kappa shape index (κ2) is 11.3. The molecule has 204 valence electrons. The van der Waals surface area contributed by atoms with Gasteiger partial charge in [0.15, 0.2) is 11.0 Å². The molecule has 3 N–H and O–H groups in total. The van der Waals surface area contributed by atoms with Gasteiger partial charge in [-0.05, 0) is 87.6 Å². The summed E-state index contributed by atoms with van der Waals surface area (Å²) < 4.78 is 0. The van der Waals surface area contributed by atoms with E-state index in [0.717, 1.165) is 41.1 Å². The minimum Gasteiger partial charge on any atom is -0.356 e. The lowest BCUT2D eigenvalue weighted by molar-refractivity contribution is -0.115. The number of rotatable bonds is 9. The maximum absolute atomic E-state index is 11.7. The number of H-pyrrole nitrogens is 1. The third-order valence-electron chi connectivity index (χ3n) is 7.68. The largest absolute Gasteiger partial charge is 0.356 e. The maximum atomic E-state index is 11.7. The summed E-state index contributed by atoms with van der Waals surface area (Å²) in [7, 11) is 0. The van der Waals surface area contributed by atoms with Crippen molar-refractivity contribution in [3.8, 4) is 0 Å². The zero-order valence-electron chi connectivity index (χ0n) is 21.9. The van der Waals surface area contributed by atoms with Crippen LogP contribution in [0, 0.1) is 0 Å². The summed E-state index contributed by atoms with van der Waals surface area (Å²) in [5.74, 6) is 3.12. The molecule has 2 aliphatic heterocycles. The molecule has 2 saturated heterocycles. The van der Waals surface area contributed by atoms with Gasteiger partial charge in [-0.1, -0.05) is 6.92 Å². The summed E-state index contributed by atoms with van der Waals surface area (Å²) in [6, 6.07) is 12.7. The van der Waals surface area contributed by atoms with Gasteiger partial charge in [0.25, 0.3) is 0 Å². The van der Waals surface area contributed by atoms with Crippen molar-refractivity contribution in [3.05, 3.63) is 42.1 Å². The second-order valence-corrected chi connectivity index (χ2v) is 11.5. The van der Waals surface area contributed by atoms with E-state index < -0.39 is 0 Å². The molecule has 1 aromatic carbocycles. The Morgan fingerprint density at radius 1 is 1.03 bits per heavy atom. The fourth-order valence-electron chi connectivity index (χ4n) is 5.35. The number of nitrogens with zero attached hydrogens (tertiary/aromatic N) is 5. The topological polar surface area (TPSA) is 102 Å². The second-order valence-electron chi connectivity index (χ2n) is 10.5. The average molecular weight is 537 g/mol. The summed E-state index contributed by atoms with van der Waals surface area (Å²) in [5.41, 5.74) is 1.99. The van der Waals surface area contributed by atoms with Gasteiger partial charge >= 0.3 is 0 Å². The van der Waals surface area contributed by atoms with Gasteiger partial charge in [-0.3, -0.25) is 9.89 Å². The maximum Gasteiger partial charge on any atom is 0.224 e. The van der Waals surface area contributed by atoms with Crippen LogP contribution in [0.4, 0.5) is 23.1 Å². The van der Waals surface area contributed by atoms with Crippen molar-refractivity contribution >= 4 is 40.8 Å². The zero-order valence-corrected chi connectivity index (χ0v) is 22.8. The van der Waals surface area contributed by atoms with Gasteiger partial charge in [0.2, 0.25) is 5.91 Å². The first kappa shape index (κ1) is 25.2. The van der Waals surface area contributed by atoms with E-state index in [2.05, 4.69) is 42.8 Å². The lowest BCUT2D eigenvalue weighted by Gasteiger charge is -2.37. The van der Waals surface area contributed by atoms with Crippen LogP contribution in [-0.2, 0) is 4.79 Å². The van der Waals surface area contributed by atoms with E-state index in [9.17, 15) is 4.79 Å². The number of hydrogen-bond donors (Lipinski definition) is 3. The van der Waals surface area contributed by atoms with E-state index in [0.29, 0.717) is 23.5 Å². The van der Waals surface area contributed by atoms with Gasteiger partial charge in [0, 0.05) is 62.7 Å². The lowest BCUT2D eigenvalue weighted by atomic mass is 10.0. The molecule has 3 fully saturated rings. The molecule has 0 radical (unpaired) electrons. The molecule has 0 spiro atoms. The van der Waals surface area contributed by atoms with Crippen LogP contribution in [0.25, 0.3) is 0 Å². The number of piperidine rings is 1. The van der Waals surface area contributed by atoms with E-state index >= 15 is 0 Å². The lowest BCUT2D eigenvalue weighted by Crippen LogP contribution is -2.44. The number of aromatic amines is 1. The van der Waals surface area contributed by atoms with E-state index in [1.54, 1.807) is 0 Å². The van der Waals surface area contributed by atoms with Gasteiger partial charge in [0.1, 0.15) is 11.6 Å². The number of amides is 1. The van der Waals surface area contributed by atoms with Gasteiger partial charge in [-0.2, -0.15) is 5.10 Å². The number of hydrogen-bond acceptors (Lipinski definition) is 8. The molecule has 1 saturated carbocycles. The summed E-state index contributed by atoms with van der Waals surface area (Å²) in [6.07, 6.45) is 7.93. The monoisotopic (exact) mass is 536 g/mol. The summed E-state index contributed by atoms with van der Waals surface area (Å²) >= 11 is 1.53. The fourth-order valence-corrected chi connectivity index (χ4v) is 6.11. The van der Waals surface area contributed by atoms with Crippen LogP contribution < -0.4 is 15.5 Å². The molecule has 0 atom stereocenters. The van der Waals surface area contributed by atoms with Gasteiger partial charge < -0.3 is 20.4 Å². The highest BCUT2D eigenvalue weighted by atomic mass is 32.2. The van der Waals surface area contributed by atoms with Crippen LogP contribution >= 0.6 is 11.8 Å². The smallest absolute Gasteiger partial charge is 0.224 e. The van der Waals surface area contributed by atoms with Gasteiger partial charge in [0.05, 0.1) is 0 Å². The molecule has 10 heteroatoms. The quantitative estimate of drug-likeness (QED) is 0.292. The van der Waals surface area contributed by atoms with E-state index in [-0.39, 0.29) is 8.76 Å². The van der Waals surface area contributed by atoms with Crippen LogP contribution in [0.3, 0.4) is 0 Å². The number of nitrogens with one attached hydrogen (secondary N) is 3. The van der Waals surface area contributed by atoms with Crippen molar-refractivity contribution < 1.29 is 7.65 Å².